The molecule has 1 heterocycles. The van der Waals surface area contributed by atoms with Gasteiger partial charge in [0.2, 0.25) is 0 Å². The van der Waals surface area contributed by atoms with Gasteiger partial charge in [-0.15, -0.1) is 24.0 Å². The maximum Gasteiger partial charge on any atom is 0.287 e. The maximum atomic E-state index is 12.0. The summed E-state index contributed by atoms with van der Waals surface area (Å²) in [5, 5.41) is 9.55. The van der Waals surface area contributed by atoms with Crippen molar-refractivity contribution in [2.24, 2.45) is 4.99 Å². The molecule has 1 aromatic heterocycles. The summed E-state index contributed by atoms with van der Waals surface area (Å²) in [7, 11) is 1.76. The lowest BCUT2D eigenvalue weighted by molar-refractivity contribution is 0.0925. The van der Waals surface area contributed by atoms with Gasteiger partial charge in [-0.25, -0.2) is 0 Å². The normalized spacial score (nSPS) is 12.0. The lowest BCUT2D eigenvalue weighted by atomic mass is 10.1. The van der Waals surface area contributed by atoms with Crippen LogP contribution in [0.15, 0.2) is 52.1 Å². The molecule has 0 saturated carbocycles. The number of furan rings is 1. The van der Waals surface area contributed by atoms with Crippen LogP contribution in [0.1, 0.15) is 41.4 Å². The van der Waals surface area contributed by atoms with E-state index in [1.54, 1.807) is 13.1 Å². The summed E-state index contributed by atoms with van der Waals surface area (Å²) >= 11 is 0. The number of nitrogens with zero attached hydrogens (tertiary/aromatic N) is 1. The fourth-order valence-corrected chi connectivity index (χ4v) is 2.71. The van der Waals surface area contributed by atoms with E-state index in [9.17, 15) is 4.79 Å². The third-order valence-corrected chi connectivity index (χ3v) is 4.32. The second kappa shape index (κ2) is 13.2. The molecule has 28 heavy (non-hydrogen) atoms. The minimum Gasteiger partial charge on any atom is -0.459 e. The molecular formula is C21H31IN4O2. The van der Waals surface area contributed by atoms with Gasteiger partial charge < -0.3 is 20.4 Å². The van der Waals surface area contributed by atoms with Crippen LogP contribution in [-0.2, 0) is 6.42 Å². The van der Waals surface area contributed by atoms with E-state index < -0.39 is 0 Å². The van der Waals surface area contributed by atoms with E-state index in [1.807, 2.05) is 13.0 Å². The van der Waals surface area contributed by atoms with Crippen LogP contribution in [0.5, 0.6) is 0 Å². The number of carbonyl (C=O) groups is 1. The van der Waals surface area contributed by atoms with Crippen LogP contribution in [0, 0.1) is 6.92 Å². The number of nitrogens with one attached hydrogen (secondary N) is 3. The Balaban J connectivity index is 0.00000392. The molecule has 1 amide bonds. The third-order valence-electron chi connectivity index (χ3n) is 4.32. The van der Waals surface area contributed by atoms with E-state index in [-0.39, 0.29) is 29.9 Å². The first-order chi connectivity index (χ1) is 13.1. The van der Waals surface area contributed by atoms with Crippen LogP contribution in [0.2, 0.25) is 0 Å². The lowest BCUT2D eigenvalue weighted by Crippen LogP contribution is -2.43. The predicted molar refractivity (Wildman–Crippen MR) is 125 cm³/mol. The summed E-state index contributed by atoms with van der Waals surface area (Å²) in [5.41, 5.74) is 2.19. The minimum atomic E-state index is -0.172. The fraction of sp³-hybridized carbons (Fsp3) is 0.429. The van der Waals surface area contributed by atoms with E-state index in [0.717, 1.165) is 37.3 Å². The summed E-state index contributed by atoms with van der Waals surface area (Å²) in [6.07, 6.45) is 4.39. The molecule has 1 unspecified atom stereocenters. The van der Waals surface area contributed by atoms with Gasteiger partial charge in [-0.1, -0.05) is 30.3 Å². The molecule has 0 aliphatic heterocycles. The van der Waals surface area contributed by atoms with Gasteiger partial charge in [-0.2, -0.15) is 0 Å². The quantitative estimate of drug-likeness (QED) is 0.214. The number of aliphatic imine (C=N–C) groups is 1. The van der Waals surface area contributed by atoms with E-state index in [4.69, 9.17) is 4.42 Å². The highest BCUT2D eigenvalue weighted by Gasteiger charge is 2.11. The zero-order chi connectivity index (χ0) is 19.5. The van der Waals surface area contributed by atoms with Crippen LogP contribution < -0.4 is 16.0 Å². The molecule has 2 rings (SSSR count). The highest BCUT2D eigenvalue weighted by Crippen LogP contribution is 2.08. The second-order valence-electron chi connectivity index (χ2n) is 6.61. The molecule has 6 nitrogen and oxygen atoms in total. The highest BCUT2D eigenvalue weighted by molar-refractivity contribution is 14.0. The number of carbonyl (C=O) groups excluding carboxylic acids is 1. The monoisotopic (exact) mass is 498 g/mol. The Labute approximate surface area is 184 Å². The molecule has 0 bridgehead atoms. The molecule has 2 aromatic rings. The van der Waals surface area contributed by atoms with Gasteiger partial charge in [0, 0.05) is 31.7 Å². The van der Waals surface area contributed by atoms with Crippen molar-refractivity contribution in [3.63, 3.8) is 0 Å². The topological polar surface area (TPSA) is 78.7 Å². The zero-order valence-corrected chi connectivity index (χ0v) is 19.2. The molecule has 0 aliphatic rings. The Morgan fingerprint density at radius 1 is 1.14 bits per heavy atom. The van der Waals surface area contributed by atoms with E-state index >= 15 is 0 Å². The van der Waals surface area contributed by atoms with Crippen molar-refractivity contribution in [3.05, 3.63) is 59.5 Å². The summed E-state index contributed by atoms with van der Waals surface area (Å²) in [4.78, 5) is 16.2. The lowest BCUT2D eigenvalue weighted by Gasteiger charge is -2.18. The number of benzene rings is 1. The first-order valence-electron chi connectivity index (χ1n) is 9.43. The summed E-state index contributed by atoms with van der Waals surface area (Å²) in [6.45, 7) is 5.31. The van der Waals surface area contributed by atoms with Gasteiger partial charge in [-0.3, -0.25) is 9.79 Å². The number of aryl methyl sites for hydroxylation is 2. The first-order valence-corrected chi connectivity index (χ1v) is 9.43. The summed E-state index contributed by atoms with van der Waals surface area (Å²) in [5.74, 6) is 0.992. The number of halogens is 1. The van der Waals surface area contributed by atoms with Crippen LogP contribution in [0.3, 0.4) is 0 Å². The van der Waals surface area contributed by atoms with Gasteiger partial charge in [-0.05, 0) is 44.7 Å². The maximum absolute atomic E-state index is 12.0. The third kappa shape index (κ3) is 8.33. The van der Waals surface area contributed by atoms with E-state index in [1.165, 1.54) is 11.8 Å². The number of hydrogen-bond acceptors (Lipinski definition) is 3. The zero-order valence-electron chi connectivity index (χ0n) is 16.8. The average molecular weight is 498 g/mol. The summed E-state index contributed by atoms with van der Waals surface area (Å²) < 4.78 is 5.18. The van der Waals surface area contributed by atoms with Crippen molar-refractivity contribution >= 4 is 35.8 Å². The van der Waals surface area contributed by atoms with Crippen molar-refractivity contribution < 1.29 is 9.21 Å². The highest BCUT2D eigenvalue weighted by atomic mass is 127. The van der Waals surface area contributed by atoms with Gasteiger partial charge in [0.15, 0.2) is 11.7 Å². The van der Waals surface area contributed by atoms with Gasteiger partial charge in [0.25, 0.3) is 5.91 Å². The number of rotatable bonds is 9. The van der Waals surface area contributed by atoms with Gasteiger partial charge in [0.1, 0.15) is 0 Å². The molecule has 0 saturated heterocycles. The van der Waals surface area contributed by atoms with Gasteiger partial charge >= 0.3 is 0 Å². The Hall–Kier alpha value is -2.03. The Kier molecular flexibility index (Phi) is 11.3. The number of guanidine groups is 1. The standard InChI is InChI=1S/C21H30N4O2.HI/c1-16-12-15-27-19(16)20(26)23-13-7-14-24-21(22-3)25-17(2)10-11-18-8-5-4-6-9-18;/h4-6,8-9,12,15,17H,7,10-11,13-14H2,1-3H3,(H,23,26)(H2,22,24,25);1H. The number of hydrogen-bond donors (Lipinski definition) is 3. The minimum absolute atomic E-state index is 0. The van der Waals surface area contributed by atoms with Crippen molar-refractivity contribution in [3.8, 4) is 0 Å². The molecule has 7 heteroatoms. The van der Waals surface area contributed by atoms with E-state index in [2.05, 4.69) is 52.1 Å². The Bertz CT molecular complexity index is 731. The smallest absolute Gasteiger partial charge is 0.287 e. The van der Waals surface area contributed by atoms with Crippen LogP contribution >= 0.6 is 24.0 Å². The van der Waals surface area contributed by atoms with Crippen LogP contribution in [0.25, 0.3) is 0 Å². The fourth-order valence-electron chi connectivity index (χ4n) is 2.71. The van der Waals surface area contributed by atoms with Crippen molar-refractivity contribution in [1.29, 1.82) is 0 Å². The Morgan fingerprint density at radius 2 is 1.86 bits per heavy atom. The SMILES string of the molecule is CN=C(NCCCNC(=O)c1occc1C)NC(C)CCc1ccccc1.I. The molecule has 0 radical (unpaired) electrons. The molecule has 1 atom stereocenters. The van der Waals surface area contributed by atoms with Crippen molar-refractivity contribution in [1.82, 2.24) is 16.0 Å². The van der Waals surface area contributed by atoms with E-state index in [0.29, 0.717) is 18.3 Å². The molecule has 1 aromatic carbocycles. The predicted octanol–water partition coefficient (Wildman–Crippen LogP) is 3.51. The molecule has 154 valence electrons. The molecule has 3 N–H and O–H groups in total. The molecule has 0 aliphatic carbocycles. The first kappa shape index (κ1) is 24.0. The molecule has 0 fully saturated rings. The molecular weight excluding hydrogens is 467 g/mol. The summed E-state index contributed by atoms with van der Waals surface area (Å²) in [6, 6.07) is 12.6. The molecule has 0 spiro atoms. The van der Waals surface area contributed by atoms with Gasteiger partial charge in [0.05, 0.1) is 6.26 Å². The van der Waals surface area contributed by atoms with Crippen LogP contribution in [0.4, 0.5) is 0 Å². The van der Waals surface area contributed by atoms with Crippen molar-refractivity contribution in [2.45, 2.75) is 39.2 Å². The van der Waals surface area contributed by atoms with Crippen LogP contribution in [-0.4, -0.2) is 38.0 Å². The van der Waals surface area contributed by atoms with Crippen molar-refractivity contribution in [2.75, 3.05) is 20.1 Å². The average Bonchev–Trinajstić information content (AvgIpc) is 3.11. The second-order valence-corrected chi connectivity index (χ2v) is 6.61. The largest absolute Gasteiger partial charge is 0.459 e. The number of amides is 1. The Morgan fingerprint density at radius 3 is 2.50 bits per heavy atom.